The van der Waals surface area contributed by atoms with Gasteiger partial charge in [0, 0.05) is 46.6 Å². The fourth-order valence-electron chi connectivity index (χ4n) is 9.77. The number of nitrogens with zero attached hydrogens (tertiary/aromatic N) is 2. The quantitative estimate of drug-likeness (QED) is 0.318. The molecule has 4 atom stereocenters. The maximum absolute atomic E-state index is 15.2. The molecule has 1 aromatic heterocycles. The number of rotatable bonds is 7. The van der Waals surface area contributed by atoms with Crippen LogP contribution in [0.15, 0.2) is 36.4 Å². The summed E-state index contributed by atoms with van der Waals surface area (Å²) in [5.74, 6) is -0.000282. The first-order valence-corrected chi connectivity index (χ1v) is 20.8. The number of amides is 1. The first kappa shape index (κ1) is 33.2. The molecule has 8 rings (SSSR count). The fraction of sp³-hybridized carbons (Fsp3) is 0.595. The molecule has 2 saturated heterocycles. The number of methoxy groups -OCH3 is 1. The average Bonchev–Trinajstić information content (AvgIpc) is 3.64. The van der Waals surface area contributed by atoms with E-state index in [1.165, 1.54) is 25.8 Å². The molecular formula is C37H47N3O7S2. The van der Waals surface area contributed by atoms with Gasteiger partial charge in [-0.3, -0.25) is 4.79 Å². The van der Waals surface area contributed by atoms with Gasteiger partial charge >= 0.3 is 0 Å². The minimum Gasteiger partial charge on any atom is -0.497 e. The molecule has 3 aliphatic heterocycles. The molecule has 1 amide bonds. The lowest BCUT2D eigenvalue weighted by Gasteiger charge is -2.43. The maximum atomic E-state index is 15.2. The molecule has 10 nitrogen and oxygen atoms in total. The zero-order valence-electron chi connectivity index (χ0n) is 28.7. The normalized spacial score (nSPS) is 30.0. The highest BCUT2D eigenvalue weighted by molar-refractivity contribution is 7.91. The van der Waals surface area contributed by atoms with Crippen LogP contribution < -0.4 is 9.46 Å². The number of nitrogens with one attached hydrogen (secondary N) is 1. The second-order valence-corrected chi connectivity index (χ2v) is 20.3. The highest BCUT2D eigenvalue weighted by Crippen LogP contribution is 2.65. The van der Waals surface area contributed by atoms with E-state index in [0.717, 1.165) is 66.2 Å². The van der Waals surface area contributed by atoms with Crippen molar-refractivity contribution in [3.8, 4) is 17.0 Å². The molecule has 4 fully saturated rings. The van der Waals surface area contributed by atoms with E-state index >= 15 is 8.42 Å². The molecule has 12 heteroatoms. The number of ether oxygens (including phenoxy) is 1. The van der Waals surface area contributed by atoms with Gasteiger partial charge < -0.3 is 14.4 Å². The Bertz CT molecular complexity index is 2070. The van der Waals surface area contributed by atoms with Crippen LogP contribution in [-0.4, -0.2) is 71.5 Å². The van der Waals surface area contributed by atoms with Gasteiger partial charge in [-0.05, 0) is 113 Å². The predicted molar refractivity (Wildman–Crippen MR) is 189 cm³/mol. The number of carbonyl (C=O) groups excluding carboxylic acids is 1. The van der Waals surface area contributed by atoms with Crippen molar-refractivity contribution in [2.24, 2.45) is 0 Å². The van der Waals surface area contributed by atoms with Crippen molar-refractivity contribution < 1.29 is 31.5 Å². The molecule has 2 aliphatic carbocycles. The minimum atomic E-state index is -3.87. The lowest BCUT2D eigenvalue weighted by Crippen LogP contribution is -2.55. The summed E-state index contributed by atoms with van der Waals surface area (Å²) in [4.78, 5) is 13.4. The predicted octanol–water partition coefficient (Wildman–Crippen LogP) is 5.78. The van der Waals surface area contributed by atoms with E-state index in [1.807, 2.05) is 25.1 Å². The summed E-state index contributed by atoms with van der Waals surface area (Å²) in [6.45, 7) is 5.09. The van der Waals surface area contributed by atoms with Crippen LogP contribution in [0.4, 0.5) is 0 Å². The van der Waals surface area contributed by atoms with Gasteiger partial charge in [-0.1, -0.05) is 25.3 Å². The van der Waals surface area contributed by atoms with Crippen LogP contribution in [-0.2, 0) is 26.6 Å². The number of hydrogen-bond acceptors (Lipinski definition) is 7. The van der Waals surface area contributed by atoms with Crippen molar-refractivity contribution in [3.63, 3.8) is 0 Å². The molecule has 0 radical (unpaired) electrons. The molecule has 5 aliphatic rings. The highest BCUT2D eigenvalue weighted by Gasteiger charge is 2.70. The van der Waals surface area contributed by atoms with E-state index in [1.54, 1.807) is 23.5 Å². The van der Waals surface area contributed by atoms with Gasteiger partial charge in [0.15, 0.2) is 0 Å². The van der Waals surface area contributed by atoms with Gasteiger partial charge in [-0.15, -0.1) is 0 Å². The van der Waals surface area contributed by atoms with Crippen LogP contribution in [0, 0.1) is 0 Å². The molecule has 0 spiro atoms. The molecule has 2 N–H and O–H groups in total. The molecule has 2 aromatic carbocycles. The molecule has 4 unspecified atom stereocenters. The van der Waals surface area contributed by atoms with Crippen LogP contribution in [0.1, 0.15) is 118 Å². The number of aliphatic hydroxyl groups is 1. The van der Waals surface area contributed by atoms with Crippen LogP contribution in [0.25, 0.3) is 22.2 Å². The van der Waals surface area contributed by atoms with Crippen LogP contribution in [0.5, 0.6) is 5.75 Å². The van der Waals surface area contributed by atoms with Gasteiger partial charge in [0.25, 0.3) is 5.91 Å². The average molecular weight is 710 g/mol. The maximum Gasteiger partial charge on any atom is 0.264 e. The molecule has 49 heavy (non-hydrogen) atoms. The Morgan fingerprint density at radius 2 is 1.65 bits per heavy atom. The summed E-state index contributed by atoms with van der Waals surface area (Å²) in [5, 5.41) is 11.2. The number of sulfonamides is 2. The van der Waals surface area contributed by atoms with Crippen molar-refractivity contribution in [3.05, 3.63) is 53.1 Å². The zero-order valence-corrected chi connectivity index (χ0v) is 30.4. The first-order valence-electron chi connectivity index (χ1n) is 17.8. The number of benzene rings is 2. The number of aromatic nitrogens is 1. The Morgan fingerprint density at radius 1 is 0.959 bits per heavy atom. The van der Waals surface area contributed by atoms with Crippen LogP contribution in [0.2, 0.25) is 0 Å². The molecule has 264 valence electrons. The number of carbonyl (C=O) groups is 1. The molecule has 2 bridgehead atoms. The monoisotopic (exact) mass is 709 g/mol. The van der Waals surface area contributed by atoms with Gasteiger partial charge in [-0.25, -0.2) is 21.6 Å². The third-order valence-electron chi connectivity index (χ3n) is 12.3. The van der Waals surface area contributed by atoms with E-state index in [9.17, 15) is 18.3 Å². The smallest absolute Gasteiger partial charge is 0.264 e. The fourth-order valence-corrected chi connectivity index (χ4v) is 13.1. The number of fused-ring (bicyclic) bond motifs is 9. The summed E-state index contributed by atoms with van der Waals surface area (Å²) in [5.41, 5.74) is 4.23. The molecular weight excluding hydrogens is 663 g/mol. The zero-order chi connectivity index (χ0) is 34.7. The van der Waals surface area contributed by atoms with Crippen molar-refractivity contribution in [1.82, 2.24) is 13.6 Å². The van der Waals surface area contributed by atoms with E-state index in [-0.39, 0.29) is 36.0 Å². The summed E-state index contributed by atoms with van der Waals surface area (Å²) < 4.78 is 66.5. The van der Waals surface area contributed by atoms with Gasteiger partial charge in [0.1, 0.15) is 10.5 Å². The van der Waals surface area contributed by atoms with E-state index < -0.39 is 41.6 Å². The molecule has 2 saturated carbocycles. The lowest BCUT2D eigenvalue weighted by atomic mass is 9.81. The topological polar surface area (TPSA) is 135 Å². The van der Waals surface area contributed by atoms with Gasteiger partial charge in [-0.2, -0.15) is 4.31 Å². The van der Waals surface area contributed by atoms with Gasteiger partial charge in [0.2, 0.25) is 20.0 Å². The summed E-state index contributed by atoms with van der Waals surface area (Å²) >= 11 is 0. The third kappa shape index (κ3) is 5.10. The Hall–Kier alpha value is -2.93. The first-order chi connectivity index (χ1) is 23.2. The minimum absolute atomic E-state index is 0.215. The summed E-state index contributed by atoms with van der Waals surface area (Å²) in [6.07, 6.45) is 8.26. The SMILES string of the molecule is COc1ccc2c(c1)C1CC1(S(=O)(=O)N1C3CCC1CC(C)(O)C3)Cn1c-2c(C2CCCCC2)c2ccc(C(=O)NS(=O)(=O)C(C)C)cc21. The lowest BCUT2D eigenvalue weighted by molar-refractivity contribution is -0.0135. The summed E-state index contributed by atoms with van der Waals surface area (Å²) in [6, 6.07) is 10.9. The Balaban J connectivity index is 1.34. The van der Waals surface area contributed by atoms with Crippen LogP contribution >= 0.6 is 0 Å². The number of piperidine rings is 1. The van der Waals surface area contributed by atoms with Crippen molar-refractivity contribution in [2.45, 2.75) is 131 Å². The highest BCUT2D eigenvalue weighted by atomic mass is 32.2. The largest absolute Gasteiger partial charge is 0.497 e. The van der Waals surface area contributed by atoms with E-state index in [2.05, 4.69) is 15.4 Å². The van der Waals surface area contributed by atoms with Crippen molar-refractivity contribution in [1.29, 1.82) is 0 Å². The van der Waals surface area contributed by atoms with E-state index in [0.29, 0.717) is 25.0 Å². The third-order valence-corrected chi connectivity index (χ3v) is 16.7. The van der Waals surface area contributed by atoms with Crippen molar-refractivity contribution in [2.75, 3.05) is 7.11 Å². The molecule has 4 heterocycles. The second-order valence-electron chi connectivity index (χ2n) is 15.8. The Morgan fingerprint density at radius 3 is 2.31 bits per heavy atom. The van der Waals surface area contributed by atoms with Crippen LogP contribution in [0.3, 0.4) is 0 Å². The second kappa shape index (κ2) is 11.3. The Labute approximate surface area is 289 Å². The van der Waals surface area contributed by atoms with E-state index in [4.69, 9.17) is 4.74 Å². The number of hydrogen-bond donors (Lipinski definition) is 2. The van der Waals surface area contributed by atoms with Crippen molar-refractivity contribution >= 4 is 36.9 Å². The van der Waals surface area contributed by atoms with Gasteiger partial charge in [0.05, 0.1) is 23.7 Å². The summed E-state index contributed by atoms with van der Waals surface area (Å²) in [7, 11) is -6.10. The Kier molecular flexibility index (Phi) is 7.65. The molecule has 3 aromatic rings. The standard InChI is InChI=1S/C37H47N3O7S2/c1-22(2)48(43,44)38-35(41)24-10-14-29-32(16-24)39-21-37(49(45,46)40-25-11-12-26(40)19-36(3,42)18-25)20-31(37)30-17-27(47-4)13-15-28(30)34(39)33(29)23-8-6-5-7-9-23/h10,13-17,22-23,25-26,31,42H,5-9,11-12,18-21H2,1-4H3,(H,38,41).